The fourth-order valence-corrected chi connectivity index (χ4v) is 3.74. The van der Waals surface area contributed by atoms with Crippen molar-refractivity contribution >= 4 is 16.8 Å². The average Bonchev–Trinajstić information content (AvgIpc) is 3.18. The number of amides is 1. The van der Waals surface area contributed by atoms with Gasteiger partial charge in [0.25, 0.3) is 5.56 Å². The van der Waals surface area contributed by atoms with Crippen molar-refractivity contribution < 1.29 is 4.79 Å². The highest BCUT2D eigenvalue weighted by atomic mass is 16.2. The van der Waals surface area contributed by atoms with Crippen molar-refractivity contribution in [2.45, 2.75) is 33.7 Å². The van der Waals surface area contributed by atoms with Gasteiger partial charge in [0, 0.05) is 11.9 Å². The Bertz CT molecular complexity index is 1310. The first-order valence-electron chi connectivity index (χ1n) is 10.3. The molecule has 0 saturated carbocycles. The van der Waals surface area contributed by atoms with Gasteiger partial charge in [0.1, 0.15) is 12.1 Å². The standard InChI is InChI=1S/C24H25N5O2/c1-16-9-10-21(17(2)13-16)29-23-20(14-26-29)18(3)27-28(24(23)31)15-22(30)25-12-11-19-7-5-4-6-8-19/h4-10,13-14H,11-12,15H2,1-3H3,(H,25,30). The molecule has 4 aromatic rings. The van der Waals surface area contributed by atoms with Gasteiger partial charge in [-0.1, -0.05) is 48.0 Å². The van der Waals surface area contributed by atoms with Crippen LogP contribution in [-0.2, 0) is 17.8 Å². The first kappa shape index (κ1) is 20.5. The Hall–Kier alpha value is -3.74. The van der Waals surface area contributed by atoms with Crippen molar-refractivity contribution in [3.8, 4) is 5.69 Å². The number of aromatic nitrogens is 4. The van der Waals surface area contributed by atoms with Gasteiger partial charge in [-0.2, -0.15) is 10.2 Å². The van der Waals surface area contributed by atoms with Crippen molar-refractivity contribution in [1.29, 1.82) is 0 Å². The van der Waals surface area contributed by atoms with Crippen LogP contribution in [0.4, 0.5) is 0 Å². The molecule has 2 aromatic heterocycles. The molecule has 0 aliphatic heterocycles. The van der Waals surface area contributed by atoms with Gasteiger partial charge in [0.05, 0.1) is 17.6 Å². The molecule has 0 aliphatic carbocycles. The normalized spacial score (nSPS) is 11.1. The number of hydrogen-bond acceptors (Lipinski definition) is 4. The van der Waals surface area contributed by atoms with E-state index in [0.717, 1.165) is 28.8 Å². The van der Waals surface area contributed by atoms with Crippen molar-refractivity contribution in [3.05, 3.63) is 87.5 Å². The predicted octanol–water partition coefficient (Wildman–Crippen LogP) is 2.87. The van der Waals surface area contributed by atoms with Crippen LogP contribution in [0.25, 0.3) is 16.6 Å². The molecule has 7 heteroatoms. The molecular weight excluding hydrogens is 390 g/mol. The van der Waals surface area contributed by atoms with Crippen molar-refractivity contribution in [3.63, 3.8) is 0 Å². The van der Waals surface area contributed by atoms with E-state index in [0.29, 0.717) is 23.1 Å². The molecule has 0 fully saturated rings. The van der Waals surface area contributed by atoms with Crippen LogP contribution in [0.3, 0.4) is 0 Å². The third kappa shape index (κ3) is 4.26. The molecule has 0 atom stereocenters. The second-order valence-electron chi connectivity index (χ2n) is 7.74. The summed E-state index contributed by atoms with van der Waals surface area (Å²) in [6.45, 7) is 6.19. The van der Waals surface area contributed by atoms with Gasteiger partial charge in [0.15, 0.2) is 0 Å². The molecule has 4 rings (SSSR count). The molecule has 158 valence electrons. The van der Waals surface area contributed by atoms with E-state index >= 15 is 0 Å². The number of fused-ring (bicyclic) bond motifs is 1. The fourth-order valence-electron chi connectivity index (χ4n) is 3.74. The quantitative estimate of drug-likeness (QED) is 0.525. The van der Waals surface area contributed by atoms with Gasteiger partial charge in [-0.05, 0) is 44.4 Å². The van der Waals surface area contributed by atoms with E-state index in [1.807, 2.05) is 63.2 Å². The van der Waals surface area contributed by atoms with E-state index in [-0.39, 0.29) is 18.0 Å². The van der Waals surface area contributed by atoms with Crippen LogP contribution in [0, 0.1) is 20.8 Å². The molecule has 0 spiro atoms. The molecule has 0 aliphatic rings. The van der Waals surface area contributed by atoms with E-state index < -0.39 is 0 Å². The summed E-state index contributed by atoms with van der Waals surface area (Å²) >= 11 is 0. The zero-order valence-electron chi connectivity index (χ0n) is 17.9. The van der Waals surface area contributed by atoms with Gasteiger partial charge in [-0.25, -0.2) is 9.36 Å². The summed E-state index contributed by atoms with van der Waals surface area (Å²) in [7, 11) is 0. The third-order valence-corrected chi connectivity index (χ3v) is 5.32. The van der Waals surface area contributed by atoms with Crippen LogP contribution < -0.4 is 10.9 Å². The van der Waals surface area contributed by atoms with Gasteiger partial charge in [-0.3, -0.25) is 9.59 Å². The Balaban J connectivity index is 1.59. The van der Waals surface area contributed by atoms with Crippen molar-refractivity contribution in [2.24, 2.45) is 0 Å². The second-order valence-corrected chi connectivity index (χ2v) is 7.74. The van der Waals surface area contributed by atoms with E-state index in [2.05, 4.69) is 21.6 Å². The number of benzene rings is 2. The summed E-state index contributed by atoms with van der Waals surface area (Å²) in [5.41, 5.74) is 4.88. The van der Waals surface area contributed by atoms with Crippen LogP contribution in [0.1, 0.15) is 22.4 Å². The summed E-state index contributed by atoms with van der Waals surface area (Å²) in [6.07, 6.45) is 2.38. The topological polar surface area (TPSA) is 81.8 Å². The lowest BCUT2D eigenvalue weighted by atomic mass is 10.1. The molecule has 0 radical (unpaired) electrons. The van der Waals surface area contributed by atoms with E-state index in [9.17, 15) is 9.59 Å². The average molecular weight is 415 g/mol. The first-order valence-corrected chi connectivity index (χ1v) is 10.3. The molecule has 0 bridgehead atoms. The summed E-state index contributed by atoms with van der Waals surface area (Å²) in [5, 5.41) is 12.3. The lowest BCUT2D eigenvalue weighted by molar-refractivity contribution is -0.121. The molecule has 0 saturated heterocycles. The number of nitrogens with one attached hydrogen (secondary N) is 1. The van der Waals surface area contributed by atoms with Crippen molar-refractivity contribution in [2.75, 3.05) is 6.54 Å². The minimum absolute atomic E-state index is 0.136. The maximum Gasteiger partial charge on any atom is 0.293 e. The Morgan fingerprint density at radius 2 is 1.84 bits per heavy atom. The minimum Gasteiger partial charge on any atom is -0.354 e. The number of hydrogen-bond donors (Lipinski definition) is 1. The molecule has 1 N–H and O–H groups in total. The number of rotatable bonds is 6. The van der Waals surface area contributed by atoms with Crippen LogP contribution in [0.2, 0.25) is 0 Å². The molecule has 2 aromatic carbocycles. The SMILES string of the molecule is Cc1ccc(-n2ncc3c(C)nn(CC(=O)NCCc4ccccc4)c(=O)c32)c(C)c1. The molecule has 0 unspecified atom stereocenters. The lowest BCUT2D eigenvalue weighted by Gasteiger charge is -2.11. The smallest absolute Gasteiger partial charge is 0.293 e. The molecule has 7 nitrogen and oxygen atoms in total. The monoisotopic (exact) mass is 415 g/mol. The zero-order chi connectivity index (χ0) is 22.0. The number of carbonyl (C=O) groups is 1. The van der Waals surface area contributed by atoms with E-state index in [1.165, 1.54) is 4.68 Å². The van der Waals surface area contributed by atoms with Gasteiger partial charge in [-0.15, -0.1) is 0 Å². The Morgan fingerprint density at radius 3 is 2.58 bits per heavy atom. The minimum atomic E-state index is -0.337. The molecule has 1 amide bonds. The van der Waals surface area contributed by atoms with Gasteiger partial charge in [0.2, 0.25) is 5.91 Å². The van der Waals surface area contributed by atoms with Crippen LogP contribution in [0.15, 0.2) is 59.5 Å². The maximum atomic E-state index is 13.2. The lowest BCUT2D eigenvalue weighted by Crippen LogP contribution is -2.35. The Kier molecular flexibility index (Phi) is 5.66. The number of carbonyl (C=O) groups excluding carboxylic acids is 1. The summed E-state index contributed by atoms with van der Waals surface area (Å²) < 4.78 is 2.86. The van der Waals surface area contributed by atoms with E-state index in [1.54, 1.807) is 10.9 Å². The number of aryl methyl sites for hydroxylation is 3. The van der Waals surface area contributed by atoms with Crippen LogP contribution in [-0.4, -0.2) is 32.0 Å². The van der Waals surface area contributed by atoms with Gasteiger partial charge < -0.3 is 5.32 Å². The Labute approximate surface area is 180 Å². The van der Waals surface area contributed by atoms with Crippen molar-refractivity contribution in [1.82, 2.24) is 24.9 Å². The molecule has 2 heterocycles. The third-order valence-electron chi connectivity index (χ3n) is 5.32. The number of nitrogens with zero attached hydrogens (tertiary/aromatic N) is 4. The summed E-state index contributed by atoms with van der Waals surface area (Å²) in [6, 6.07) is 15.9. The van der Waals surface area contributed by atoms with E-state index in [4.69, 9.17) is 0 Å². The first-order chi connectivity index (χ1) is 14.9. The predicted molar refractivity (Wildman–Crippen MR) is 120 cm³/mol. The summed E-state index contributed by atoms with van der Waals surface area (Å²) in [5.74, 6) is -0.248. The molecule has 31 heavy (non-hydrogen) atoms. The van der Waals surface area contributed by atoms with Crippen LogP contribution in [0.5, 0.6) is 0 Å². The highest BCUT2D eigenvalue weighted by Crippen LogP contribution is 2.20. The highest BCUT2D eigenvalue weighted by molar-refractivity contribution is 5.82. The highest BCUT2D eigenvalue weighted by Gasteiger charge is 2.17. The Morgan fingerprint density at radius 1 is 1.06 bits per heavy atom. The fraction of sp³-hybridized carbons (Fsp3) is 0.250. The zero-order valence-corrected chi connectivity index (χ0v) is 17.9. The molecular formula is C24H25N5O2. The van der Waals surface area contributed by atoms with Crippen LogP contribution >= 0.6 is 0 Å². The summed E-state index contributed by atoms with van der Waals surface area (Å²) in [4.78, 5) is 25.7. The largest absolute Gasteiger partial charge is 0.354 e. The maximum absolute atomic E-state index is 13.2. The van der Waals surface area contributed by atoms with Gasteiger partial charge >= 0.3 is 0 Å². The second kappa shape index (κ2) is 8.55.